The second-order valence-electron chi connectivity index (χ2n) is 11.9. The maximum Gasteiger partial charge on any atom is 0.330 e. The van der Waals surface area contributed by atoms with Crippen LogP contribution in [-0.4, -0.2) is 50.9 Å². The smallest absolute Gasteiger partial charge is 0.330 e. The quantitative estimate of drug-likeness (QED) is 0.216. The van der Waals surface area contributed by atoms with Crippen molar-refractivity contribution >= 4 is 51.9 Å². The molecule has 2 aromatic carbocycles. The molecule has 12 nitrogen and oxygen atoms in total. The Labute approximate surface area is 259 Å². The van der Waals surface area contributed by atoms with Crippen LogP contribution in [0.4, 0.5) is 42.9 Å². The molecule has 0 saturated carbocycles. The first kappa shape index (κ1) is 29.5. The first-order chi connectivity index (χ1) is 21.4. The van der Waals surface area contributed by atoms with Crippen LogP contribution in [0.1, 0.15) is 37.6 Å². The van der Waals surface area contributed by atoms with Gasteiger partial charge in [0.15, 0.2) is 0 Å². The van der Waals surface area contributed by atoms with E-state index in [1.54, 1.807) is 44.2 Å². The van der Waals surface area contributed by atoms with Crippen molar-refractivity contribution < 1.29 is 14.0 Å². The Morgan fingerprint density at radius 1 is 1.04 bits per heavy atom. The minimum Gasteiger partial charge on any atom is -0.357 e. The third-order valence-corrected chi connectivity index (χ3v) is 7.60. The lowest BCUT2D eigenvalue weighted by Gasteiger charge is -2.35. The van der Waals surface area contributed by atoms with Gasteiger partial charge in [0.2, 0.25) is 5.95 Å². The third-order valence-electron chi connectivity index (χ3n) is 7.60. The van der Waals surface area contributed by atoms with Gasteiger partial charge >= 0.3 is 12.1 Å². The highest BCUT2D eigenvalue weighted by Crippen LogP contribution is 2.34. The van der Waals surface area contributed by atoms with Gasteiger partial charge in [0.25, 0.3) is 0 Å². The molecule has 0 atom stereocenters. The van der Waals surface area contributed by atoms with Gasteiger partial charge < -0.3 is 10.6 Å². The van der Waals surface area contributed by atoms with E-state index in [0.29, 0.717) is 28.8 Å². The summed E-state index contributed by atoms with van der Waals surface area (Å²) in [4.78, 5) is 42.7. The van der Waals surface area contributed by atoms with Crippen LogP contribution in [-0.2, 0) is 12.0 Å². The Balaban J connectivity index is 1.29. The van der Waals surface area contributed by atoms with E-state index in [2.05, 4.69) is 30.9 Å². The van der Waals surface area contributed by atoms with E-state index in [1.807, 2.05) is 51.1 Å². The fourth-order valence-electron chi connectivity index (χ4n) is 5.16. The van der Waals surface area contributed by atoms with Gasteiger partial charge in [-0.1, -0.05) is 26.8 Å². The molecule has 0 saturated heterocycles. The minimum absolute atomic E-state index is 0.0879. The molecule has 0 spiro atoms. The zero-order valence-electron chi connectivity index (χ0n) is 25.8. The topological polar surface area (TPSA) is 133 Å². The number of urea groups is 2. The zero-order valence-corrected chi connectivity index (χ0v) is 25.8. The molecule has 230 valence electrons. The van der Waals surface area contributed by atoms with Crippen LogP contribution in [0, 0.1) is 12.7 Å². The molecular formula is C32H33FN10O2. The summed E-state index contributed by atoms with van der Waals surface area (Å²) in [7, 11) is 3.32. The van der Waals surface area contributed by atoms with Gasteiger partial charge in [0, 0.05) is 48.9 Å². The van der Waals surface area contributed by atoms with E-state index < -0.39 is 11.8 Å². The lowest BCUT2D eigenvalue weighted by atomic mass is 9.92. The van der Waals surface area contributed by atoms with Gasteiger partial charge in [-0.15, -0.1) is 0 Å². The van der Waals surface area contributed by atoms with Crippen molar-refractivity contribution in [2.45, 2.75) is 39.7 Å². The number of hydrogen-bond acceptors (Lipinski definition) is 7. The highest BCUT2D eigenvalue weighted by molar-refractivity contribution is 6.06. The lowest BCUT2D eigenvalue weighted by molar-refractivity contribution is 0.251. The Morgan fingerprint density at radius 2 is 1.84 bits per heavy atom. The van der Waals surface area contributed by atoms with E-state index in [1.165, 1.54) is 21.9 Å². The molecule has 13 heteroatoms. The molecule has 1 aliphatic heterocycles. The number of nitrogens with zero attached hydrogens (tertiary/aromatic N) is 7. The molecule has 3 N–H and O–H groups in total. The van der Waals surface area contributed by atoms with Crippen LogP contribution in [0.3, 0.4) is 0 Å². The molecule has 0 radical (unpaired) electrons. The largest absolute Gasteiger partial charge is 0.357 e. The van der Waals surface area contributed by atoms with Crippen LogP contribution in [0.2, 0.25) is 0 Å². The van der Waals surface area contributed by atoms with Crippen molar-refractivity contribution in [1.29, 1.82) is 0 Å². The summed E-state index contributed by atoms with van der Waals surface area (Å²) in [5, 5.41) is 14.0. The number of pyridine rings is 1. The van der Waals surface area contributed by atoms with E-state index >= 15 is 4.39 Å². The molecule has 4 heterocycles. The Morgan fingerprint density at radius 3 is 2.60 bits per heavy atom. The van der Waals surface area contributed by atoms with E-state index in [4.69, 9.17) is 5.10 Å². The molecule has 3 aromatic heterocycles. The normalized spacial score (nSPS) is 13.2. The van der Waals surface area contributed by atoms with Crippen LogP contribution < -0.4 is 25.8 Å². The van der Waals surface area contributed by atoms with Gasteiger partial charge in [0.05, 0.1) is 34.8 Å². The molecule has 45 heavy (non-hydrogen) atoms. The number of hydrogen-bond donors (Lipinski definition) is 3. The summed E-state index contributed by atoms with van der Waals surface area (Å²) in [6.07, 6.45) is 3.38. The number of amides is 4. The van der Waals surface area contributed by atoms with E-state index in [9.17, 15) is 9.59 Å². The van der Waals surface area contributed by atoms with Crippen molar-refractivity contribution in [3.63, 3.8) is 0 Å². The second kappa shape index (κ2) is 11.2. The molecule has 1 aliphatic rings. The van der Waals surface area contributed by atoms with Gasteiger partial charge in [-0.3, -0.25) is 20.1 Å². The van der Waals surface area contributed by atoms with Crippen molar-refractivity contribution in [1.82, 2.24) is 24.7 Å². The standard InChI is InChI=1S/C32H33FN10O2/c1-18-12-22(33)24(14-25(18)42-17-20-16-36-29(34-5)39-28(20)41(6)31(42)45)37-30(44)38-27-15-26(32(2,3)4)40-43(27)21-9-10-23-19(13-21)8-7-11-35-23/h7-16H,17H2,1-6H3,(H,34,36,39)(H2,37,38,44). The van der Waals surface area contributed by atoms with Crippen molar-refractivity contribution in [3.05, 3.63) is 83.6 Å². The highest BCUT2D eigenvalue weighted by Gasteiger charge is 2.32. The first-order valence-corrected chi connectivity index (χ1v) is 14.4. The van der Waals surface area contributed by atoms with Gasteiger partial charge in [-0.05, 0) is 48.9 Å². The molecule has 6 rings (SSSR count). The maximum atomic E-state index is 15.2. The van der Waals surface area contributed by atoms with Crippen LogP contribution in [0.5, 0.6) is 0 Å². The van der Waals surface area contributed by atoms with Crippen LogP contribution in [0.15, 0.2) is 60.9 Å². The summed E-state index contributed by atoms with van der Waals surface area (Å²) >= 11 is 0. The average Bonchev–Trinajstić information content (AvgIpc) is 3.44. The molecule has 0 fully saturated rings. The Kier molecular flexibility index (Phi) is 7.31. The Hall–Kier alpha value is -5.59. The number of rotatable bonds is 5. The second-order valence-corrected chi connectivity index (χ2v) is 11.9. The molecule has 5 aromatic rings. The van der Waals surface area contributed by atoms with Gasteiger partial charge in [-0.25, -0.2) is 23.6 Å². The lowest BCUT2D eigenvalue weighted by Crippen LogP contribution is -2.46. The highest BCUT2D eigenvalue weighted by atomic mass is 19.1. The number of carbonyl (C=O) groups is 2. The predicted molar refractivity (Wildman–Crippen MR) is 173 cm³/mol. The molecule has 0 unspecified atom stereocenters. The van der Waals surface area contributed by atoms with E-state index in [0.717, 1.165) is 27.8 Å². The number of anilines is 5. The number of aromatic nitrogens is 5. The number of halogens is 1. The fourth-order valence-corrected chi connectivity index (χ4v) is 5.16. The monoisotopic (exact) mass is 608 g/mol. The SMILES string of the molecule is CNc1ncc2c(n1)N(C)C(=O)N(c1cc(NC(=O)Nc3cc(C(C)(C)C)nn3-c3ccc4ncccc4c3)c(F)cc1C)C2. The third kappa shape index (κ3) is 5.59. The number of benzene rings is 2. The number of carbonyl (C=O) groups excluding carboxylic acids is 2. The number of nitrogens with one attached hydrogen (secondary N) is 3. The summed E-state index contributed by atoms with van der Waals surface area (Å²) < 4.78 is 16.9. The van der Waals surface area contributed by atoms with Crippen molar-refractivity contribution in [3.8, 4) is 5.69 Å². The Bertz CT molecular complexity index is 1970. The average molecular weight is 609 g/mol. The van der Waals surface area contributed by atoms with E-state index in [-0.39, 0.29) is 23.7 Å². The minimum atomic E-state index is -0.673. The summed E-state index contributed by atoms with van der Waals surface area (Å²) in [5.41, 5.74) is 3.61. The summed E-state index contributed by atoms with van der Waals surface area (Å²) in [6.45, 7) is 7.97. The van der Waals surface area contributed by atoms with Gasteiger partial charge in [-0.2, -0.15) is 10.1 Å². The molecular weight excluding hydrogens is 575 g/mol. The predicted octanol–water partition coefficient (Wildman–Crippen LogP) is 6.22. The molecule has 0 aliphatic carbocycles. The fraction of sp³-hybridized carbons (Fsp3) is 0.250. The van der Waals surface area contributed by atoms with Gasteiger partial charge in [0.1, 0.15) is 17.5 Å². The van der Waals surface area contributed by atoms with Crippen molar-refractivity contribution in [2.75, 3.05) is 39.8 Å². The van der Waals surface area contributed by atoms with Crippen LogP contribution >= 0.6 is 0 Å². The molecule has 0 bridgehead atoms. The first-order valence-electron chi connectivity index (χ1n) is 14.4. The zero-order chi connectivity index (χ0) is 32.0. The number of aryl methyl sites for hydroxylation is 1. The summed E-state index contributed by atoms with van der Waals surface area (Å²) in [6, 6.07) is 13.0. The number of fused-ring (bicyclic) bond motifs is 2. The van der Waals surface area contributed by atoms with Crippen molar-refractivity contribution in [2.24, 2.45) is 0 Å². The maximum absolute atomic E-state index is 15.2. The summed E-state index contributed by atoms with van der Waals surface area (Å²) in [5.74, 6) is 0.643. The molecule has 4 amide bonds. The van der Waals surface area contributed by atoms with Crippen LogP contribution in [0.25, 0.3) is 16.6 Å².